The number of carbonyl (C=O) groups excluding carboxylic acids is 1. The number of hydrogen-bond donors (Lipinski definition) is 0. The van der Waals surface area contributed by atoms with Gasteiger partial charge in [0, 0.05) is 5.56 Å². The lowest BCUT2D eigenvalue weighted by Crippen LogP contribution is -2.20. The number of pyridine rings is 1. The first kappa shape index (κ1) is 14.3. The average molecular weight is 301 g/mol. The molecule has 0 aliphatic heterocycles. The third-order valence-electron chi connectivity index (χ3n) is 3.94. The SMILES string of the molecule is Cc1nc(-c2sccc2C=O)ccc1OC1CCCCC1. The van der Waals surface area contributed by atoms with Gasteiger partial charge in [-0.3, -0.25) is 4.79 Å². The van der Waals surface area contributed by atoms with Crippen molar-refractivity contribution in [1.29, 1.82) is 0 Å². The largest absolute Gasteiger partial charge is 0.489 e. The average Bonchev–Trinajstić information content (AvgIpc) is 2.99. The smallest absolute Gasteiger partial charge is 0.151 e. The van der Waals surface area contributed by atoms with Gasteiger partial charge in [-0.25, -0.2) is 4.98 Å². The Kier molecular flexibility index (Phi) is 4.34. The van der Waals surface area contributed by atoms with E-state index in [2.05, 4.69) is 4.98 Å². The summed E-state index contributed by atoms with van der Waals surface area (Å²) < 4.78 is 6.09. The number of ether oxygens (including phenoxy) is 1. The Hall–Kier alpha value is -1.68. The van der Waals surface area contributed by atoms with Crippen molar-refractivity contribution >= 4 is 17.6 Å². The molecule has 4 heteroatoms. The van der Waals surface area contributed by atoms with Gasteiger partial charge in [-0.2, -0.15) is 0 Å². The number of aromatic nitrogens is 1. The maximum atomic E-state index is 11.0. The van der Waals surface area contributed by atoms with Crippen molar-refractivity contribution in [3.05, 3.63) is 34.8 Å². The van der Waals surface area contributed by atoms with Crippen LogP contribution >= 0.6 is 11.3 Å². The van der Waals surface area contributed by atoms with Crippen LogP contribution in [0.5, 0.6) is 5.75 Å². The van der Waals surface area contributed by atoms with Gasteiger partial charge in [-0.15, -0.1) is 11.3 Å². The summed E-state index contributed by atoms with van der Waals surface area (Å²) in [5.74, 6) is 0.870. The van der Waals surface area contributed by atoms with Gasteiger partial charge in [0.1, 0.15) is 5.75 Å². The minimum absolute atomic E-state index is 0.331. The van der Waals surface area contributed by atoms with Crippen molar-refractivity contribution in [2.75, 3.05) is 0 Å². The first-order chi connectivity index (χ1) is 10.3. The Labute approximate surface area is 129 Å². The Morgan fingerprint density at radius 2 is 2.05 bits per heavy atom. The molecule has 0 N–H and O–H groups in total. The van der Waals surface area contributed by atoms with Crippen LogP contribution in [0.4, 0.5) is 0 Å². The van der Waals surface area contributed by atoms with Gasteiger partial charge >= 0.3 is 0 Å². The Balaban J connectivity index is 1.81. The van der Waals surface area contributed by atoms with Gasteiger partial charge in [-0.1, -0.05) is 6.42 Å². The fraction of sp³-hybridized carbons (Fsp3) is 0.412. The summed E-state index contributed by atoms with van der Waals surface area (Å²) in [6.45, 7) is 1.97. The highest BCUT2D eigenvalue weighted by Crippen LogP contribution is 2.31. The van der Waals surface area contributed by atoms with Crippen molar-refractivity contribution in [3.63, 3.8) is 0 Å². The van der Waals surface area contributed by atoms with Crippen LogP contribution in [-0.2, 0) is 0 Å². The van der Waals surface area contributed by atoms with Crippen LogP contribution in [0.15, 0.2) is 23.6 Å². The number of aldehydes is 1. The molecule has 0 unspecified atom stereocenters. The minimum Gasteiger partial charge on any atom is -0.489 e. The van der Waals surface area contributed by atoms with E-state index in [0.717, 1.165) is 41.1 Å². The first-order valence-electron chi connectivity index (χ1n) is 7.45. The van der Waals surface area contributed by atoms with E-state index >= 15 is 0 Å². The lowest BCUT2D eigenvalue weighted by Gasteiger charge is -2.23. The second-order valence-electron chi connectivity index (χ2n) is 5.48. The molecule has 0 bridgehead atoms. The van der Waals surface area contributed by atoms with Crippen molar-refractivity contribution in [1.82, 2.24) is 4.98 Å². The molecule has 21 heavy (non-hydrogen) atoms. The van der Waals surface area contributed by atoms with Crippen LogP contribution in [0.3, 0.4) is 0 Å². The molecule has 0 amide bonds. The molecule has 0 spiro atoms. The van der Waals surface area contributed by atoms with Gasteiger partial charge < -0.3 is 4.74 Å². The summed E-state index contributed by atoms with van der Waals surface area (Å²) in [4.78, 5) is 16.6. The summed E-state index contributed by atoms with van der Waals surface area (Å²) in [6, 6.07) is 5.76. The zero-order valence-corrected chi connectivity index (χ0v) is 13.0. The summed E-state index contributed by atoms with van der Waals surface area (Å²) in [6.07, 6.45) is 7.33. The number of rotatable bonds is 4. The van der Waals surface area contributed by atoms with E-state index < -0.39 is 0 Å². The zero-order chi connectivity index (χ0) is 14.7. The predicted octanol–water partition coefficient (Wildman–Crippen LogP) is 4.64. The molecule has 1 saturated carbocycles. The Morgan fingerprint density at radius 3 is 2.76 bits per heavy atom. The molecule has 110 valence electrons. The van der Waals surface area contributed by atoms with Crippen LogP contribution < -0.4 is 4.74 Å². The number of nitrogens with zero attached hydrogens (tertiary/aromatic N) is 1. The molecule has 1 aliphatic rings. The molecule has 0 aromatic carbocycles. The lowest BCUT2D eigenvalue weighted by atomic mass is 9.98. The Morgan fingerprint density at radius 1 is 1.24 bits per heavy atom. The monoisotopic (exact) mass is 301 g/mol. The van der Waals surface area contributed by atoms with Crippen molar-refractivity contribution in [2.45, 2.75) is 45.1 Å². The molecule has 2 aromatic rings. The minimum atomic E-state index is 0.331. The van der Waals surface area contributed by atoms with E-state index in [1.165, 1.54) is 19.3 Å². The molecule has 2 aromatic heterocycles. The maximum absolute atomic E-state index is 11.0. The highest BCUT2D eigenvalue weighted by Gasteiger charge is 2.17. The summed E-state index contributed by atoms with van der Waals surface area (Å²) >= 11 is 1.54. The van der Waals surface area contributed by atoms with Crippen molar-refractivity contribution in [3.8, 4) is 16.3 Å². The van der Waals surface area contributed by atoms with Crippen LogP contribution in [0.25, 0.3) is 10.6 Å². The van der Waals surface area contributed by atoms with Gasteiger partial charge in [0.15, 0.2) is 6.29 Å². The van der Waals surface area contributed by atoms with E-state index in [0.29, 0.717) is 11.7 Å². The van der Waals surface area contributed by atoms with Crippen LogP contribution in [-0.4, -0.2) is 17.4 Å². The van der Waals surface area contributed by atoms with E-state index in [9.17, 15) is 4.79 Å². The summed E-state index contributed by atoms with van der Waals surface area (Å²) in [5, 5.41) is 1.92. The lowest BCUT2D eigenvalue weighted by molar-refractivity contribution is 0.112. The quantitative estimate of drug-likeness (QED) is 0.772. The fourth-order valence-electron chi connectivity index (χ4n) is 2.78. The van der Waals surface area contributed by atoms with E-state index in [1.807, 2.05) is 30.5 Å². The van der Waals surface area contributed by atoms with E-state index in [-0.39, 0.29) is 0 Å². The molecule has 3 rings (SSSR count). The number of hydrogen-bond acceptors (Lipinski definition) is 4. The summed E-state index contributed by atoms with van der Waals surface area (Å²) in [5.41, 5.74) is 2.44. The number of aryl methyl sites for hydroxylation is 1. The maximum Gasteiger partial charge on any atom is 0.151 e. The second kappa shape index (κ2) is 6.39. The molecule has 1 aliphatic carbocycles. The van der Waals surface area contributed by atoms with Crippen LogP contribution in [0.1, 0.15) is 48.2 Å². The fourth-order valence-corrected chi connectivity index (χ4v) is 3.62. The predicted molar refractivity (Wildman–Crippen MR) is 85.2 cm³/mol. The topological polar surface area (TPSA) is 39.2 Å². The van der Waals surface area contributed by atoms with Crippen molar-refractivity contribution in [2.24, 2.45) is 0 Å². The molecule has 0 atom stereocenters. The highest BCUT2D eigenvalue weighted by molar-refractivity contribution is 7.13. The third kappa shape index (κ3) is 3.16. The normalized spacial score (nSPS) is 15.9. The van der Waals surface area contributed by atoms with E-state index in [4.69, 9.17) is 4.74 Å². The van der Waals surface area contributed by atoms with Crippen molar-refractivity contribution < 1.29 is 9.53 Å². The molecule has 3 nitrogen and oxygen atoms in total. The number of carbonyl (C=O) groups is 1. The first-order valence-corrected chi connectivity index (χ1v) is 8.33. The van der Waals surface area contributed by atoms with Gasteiger partial charge in [0.25, 0.3) is 0 Å². The standard InChI is InChI=1S/C17H19NO2S/c1-12-16(20-14-5-3-2-4-6-14)8-7-15(18-12)17-13(11-19)9-10-21-17/h7-11,14H,2-6H2,1H3. The molecule has 0 saturated heterocycles. The molecule has 1 fully saturated rings. The summed E-state index contributed by atoms with van der Waals surface area (Å²) in [7, 11) is 0. The highest BCUT2D eigenvalue weighted by atomic mass is 32.1. The third-order valence-corrected chi connectivity index (χ3v) is 4.89. The van der Waals surface area contributed by atoms with E-state index in [1.54, 1.807) is 11.3 Å². The van der Waals surface area contributed by atoms with Gasteiger partial charge in [0.05, 0.1) is 22.4 Å². The Bertz CT molecular complexity index is 629. The van der Waals surface area contributed by atoms with Crippen LogP contribution in [0.2, 0.25) is 0 Å². The molecule has 2 heterocycles. The number of thiophene rings is 1. The van der Waals surface area contributed by atoms with Gasteiger partial charge in [-0.05, 0) is 56.2 Å². The van der Waals surface area contributed by atoms with Gasteiger partial charge in [0.2, 0.25) is 0 Å². The molecular weight excluding hydrogens is 282 g/mol. The molecular formula is C17H19NO2S. The zero-order valence-electron chi connectivity index (χ0n) is 12.2. The second-order valence-corrected chi connectivity index (χ2v) is 6.40. The van der Waals surface area contributed by atoms with Crippen LogP contribution in [0, 0.1) is 6.92 Å². The molecule has 0 radical (unpaired) electrons.